The second-order valence-corrected chi connectivity index (χ2v) is 8.28. The molecule has 166 valence electrons. The molecule has 2 aromatic carbocycles. The molecule has 3 atom stereocenters. The van der Waals surface area contributed by atoms with Crippen molar-refractivity contribution in [1.82, 2.24) is 0 Å². The molecule has 7 nitrogen and oxygen atoms in total. The Morgan fingerprint density at radius 2 is 1.76 bits per heavy atom. The number of ether oxygens (including phenoxy) is 1. The largest absolute Gasteiger partial charge is 0.469 e. The van der Waals surface area contributed by atoms with E-state index in [1.807, 2.05) is 41.3 Å². The highest BCUT2D eigenvalue weighted by atomic mass is 16.5. The van der Waals surface area contributed by atoms with Crippen molar-refractivity contribution in [1.29, 1.82) is 10.5 Å². The molecule has 34 heavy (non-hydrogen) atoms. The van der Waals surface area contributed by atoms with Crippen molar-refractivity contribution in [2.75, 3.05) is 4.90 Å². The first-order valence-electron chi connectivity index (χ1n) is 10.7. The molecule has 0 saturated carbocycles. The number of nitriles is 2. The number of ketones is 1. The lowest BCUT2D eigenvalue weighted by atomic mass is 9.71. The molecule has 3 heterocycles. The minimum Gasteiger partial charge on any atom is -0.469 e. The number of furan rings is 1. The van der Waals surface area contributed by atoms with Crippen LogP contribution >= 0.6 is 0 Å². The van der Waals surface area contributed by atoms with Crippen LogP contribution in [0.1, 0.15) is 34.5 Å². The highest BCUT2D eigenvalue weighted by Gasteiger charge is 2.64. The fraction of sp³-hybridized carbons (Fsp3) is 0.185. The van der Waals surface area contributed by atoms with Crippen LogP contribution in [0.15, 0.2) is 77.4 Å². The van der Waals surface area contributed by atoms with Crippen molar-refractivity contribution in [2.45, 2.75) is 24.9 Å². The van der Waals surface area contributed by atoms with E-state index in [0.717, 1.165) is 11.3 Å². The number of fused-ring (bicyclic) bond motifs is 3. The van der Waals surface area contributed by atoms with E-state index in [0.29, 0.717) is 17.1 Å². The van der Waals surface area contributed by atoms with Crippen LogP contribution in [0.5, 0.6) is 5.75 Å². The quantitative estimate of drug-likeness (QED) is 0.328. The summed E-state index contributed by atoms with van der Waals surface area (Å²) in [5.74, 6) is -0.832. The molecule has 2 aliphatic rings. The van der Waals surface area contributed by atoms with Gasteiger partial charge < -0.3 is 14.1 Å². The molecule has 5 rings (SSSR count). The van der Waals surface area contributed by atoms with E-state index in [9.17, 15) is 20.1 Å². The first-order valence-corrected chi connectivity index (χ1v) is 10.7. The molecular formula is C27H19N3O4. The van der Waals surface area contributed by atoms with E-state index in [1.165, 1.54) is 13.2 Å². The Bertz CT molecular complexity index is 1360. The number of anilines is 1. The normalized spacial score (nSPS) is 21.6. The van der Waals surface area contributed by atoms with Gasteiger partial charge in [0.25, 0.3) is 0 Å². The van der Waals surface area contributed by atoms with Gasteiger partial charge in [0.05, 0.1) is 30.4 Å². The van der Waals surface area contributed by atoms with Crippen molar-refractivity contribution < 1.29 is 18.7 Å². The van der Waals surface area contributed by atoms with Crippen LogP contribution in [-0.2, 0) is 4.79 Å². The van der Waals surface area contributed by atoms with Crippen molar-refractivity contribution >= 4 is 23.5 Å². The minimum absolute atomic E-state index is 0.266. The average Bonchev–Trinajstić information content (AvgIpc) is 3.48. The fourth-order valence-corrected chi connectivity index (χ4v) is 5.03. The van der Waals surface area contributed by atoms with Crippen molar-refractivity contribution in [3.05, 3.63) is 89.9 Å². The van der Waals surface area contributed by atoms with Gasteiger partial charge in [-0.05, 0) is 48.0 Å². The number of nitrogens with zero attached hydrogens (tertiary/aromatic N) is 3. The number of rotatable bonds is 4. The maximum atomic E-state index is 14.0. The van der Waals surface area contributed by atoms with Crippen LogP contribution in [0.3, 0.4) is 0 Å². The summed E-state index contributed by atoms with van der Waals surface area (Å²) in [6.07, 6.45) is 5.19. The molecule has 1 fully saturated rings. The average molecular weight is 449 g/mol. The molecule has 0 radical (unpaired) electrons. The molecule has 1 saturated heterocycles. The number of benzene rings is 2. The Labute approximate surface area is 196 Å². The Balaban J connectivity index is 1.68. The monoisotopic (exact) mass is 449 g/mol. The summed E-state index contributed by atoms with van der Waals surface area (Å²) in [5, 5.41) is 20.7. The maximum Gasteiger partial charge on any atom is 0.308 e. The summed E-state index contributed by atoms with van der Waals surface area (Å²) in [6.45, 7) is 1.30. The van der Waals surface area contributed by atoms with Gasteiger partial charge in [0.1, 0.15) is 17.6 Å². The van der Waals surface area contributed by atoms with Crippen LogP contribution < -0.4 is 9.64 Å². The lowest BCUT2D eigenvalue weighted by Gasteiger charge is -2.35. The summed E-state index contributed by atoms with van der Waals surface area (Å²) in [6, 6.07) is 20.2. The molecule has 0 unspecified atom stereocenters. The van der Waals surface area contributed by atoms with E-state index in [-0.39, 0.29) is 5.78 Å². The summed E-state index contributed by atoms with van der Waals surface area (Å²) in [4.78, 5) is 27.2. The van der Waals surface area contributed by atoms with Gasteiger partial charge in [-0.3, -0.25) is 9.59 Å². The highest BCUT2D eigenvalue weighted by molar-refractivity contribution is 6.04. The Kier molecular flexibility index (Phi) is 5.03. The zero-order chi connectivity index (χ0) is 23.9. The molecule has 0 amide bonds. The third-order valence-electron chi connectivity index (χ3n) is 6.43. The number of Topliss-reactive ketones (excluding diaryl/α,β-unsaturated/α-hetero) is 1. The zero-order valence-corrected chi connectivity index (χ0v) is 18.2. The van der Waals surface area contributed by atoms with Gasteiger partial charge in [-0.25, -0.2) is 0 Å². The van der Waals surface area contributed by atoms with Gasteiger partial charge in [0.15, 0.2) is 11.2 Å². The van der Waals surface area contributed by atoms with Crippen LogP contribution in [0.2, 0.25) is 0 Å². The van der Waals surface area contributed by atoms with E-state index < -0.39 is 29.4 Å². The van der Waals surface area contributed by atoms with Crippen molar-refractivity contribution in [2.24, 2.45) is 5.41 Å². The molecule has 1 aromatic heterocycles. The molecule has 0 bridgehead atoms. The highest BCUT2D eigenvalue weighted by Crippen LogP contribution is 2.55. The lowest BCUT2D eigenvalue weighted by molar-refractivity contribution is -0.131. The Morgan fingerprint density at radius 3 is 2.41 bits per heavy atom. The third kappa shape index (κ3) is 3.10. The van der Waals surface area contributed by atoms with E-state index >= 15 is 0 Å². The van der Waals surface area contributed by atoms with E-state index in [1.54, 1.807) is 36.4 Å². The van der Waals surface area contributed by atoms with Crippen LogP contribution in [-0.4, -0.2) is 23.8 Å². The standard InChI is InChI=1S/C27H19N3O4/c1-17(31)34-20-11-8-19(9-12-20)26(32)25-24(22-7-4-14-33-22)27(15-28,16-29)23-13-10-18-5-2-3-6-21(18)30(23)25/h2-14,23-25H,1H3/t23-,24-,25+/m1/s1. The van der Waals surface area contributed by atoms with Crippen LogP contribution in [0.25, 0.3) is 6.08 Å². The van der Waals surface area contributed by atoms with E-state index in [4.69, 9.17) is 9.15 Å². The number of hydrogen-bond donors (Lipinski definition) is 0. The summed E-state index contributed by atoms with van der Waals surface area (Å²) in [5.41, 5.74) is 0.482. The molecule has 7 heteroatoms. The van der Waals surface area contributed by atoms with Gasteiger partial charge in [-0.15, -0.1) is 0 Å². The van der Waals surface area contributed by atoms with Crippen LogP contribution in [0, 0.1) is 28.1 Å². The SMILES string of the molecule is CC(=O)Oc1ccc(C(=O)[C@@H]2[C@@H](c3ccco3)C(C#N)(C#N)[C@H]3C=Cc4ccccc4N23)cc1. The predicted molar refractivity (Wildman–Crippen MR) is 123 cm³/mol. The Hall–Kier alpha value is -4.62. The first kappa shape index (κ1) is 21.2. The van der Waals surface area contributed by atoms with Gasteiger partial charge in [0.2, 0.25) is 0 Å². The molecule has 0 spiro atoms. The second kappa shape index (κ2) is 8.06. The fourth-order valence-electron chi connectivity index (χ4n) is 5.03. The van der Waals surface area contributed by atoms with Crippen molar-refractivity contribution in [3.63, 3.8) is 0 Å². The van der Waals surface area contributed by atoms with E-state index in [2.05, 4.69) is 12.1 Å². The van der Waals surface area contributed by atoms with Crippen LogP contribution in [0.4, 0.5) is 5.69 Å². The number of hydrogen-bond acceptors (Lipinski definition) is 7. The van der Waals surface area contributed by atoms with Gasteiger partial charge in [0, 0.05) is 18.2 Å². The number of carbonyl (C=O) groups is 2. The smallest absolute Gasteiger partial charge is 0.308 e. The minimum atomic E-state index is -1.56. The number of carbonyl (C=O) groups excluding carboxylic acids is 2. The second-order valence-electron chi connectivity index (χ2n) is 8.28. The van der Waals surface area contributed by atoms with Crippen molar-refractivity contribution in [3.8, 4) is 17.9 Å². The molecule has 0 aliphatic carbocycles. The number of para-hydroxylation sites is 1. The lowest BCUT2D eigenvalue weighted by Crippen LogP contribution is -2.44. The van der Waals surface area contributed by atoms with Gasteiger partial charge in [-0.1, -0.05) is 30.4 Å². The maximum absolute atomic E-state index is 14.0. The van der Waals surface area contributed by atoms with Gasteiger partial charge in [-0.2, -0.15) is 10.5 Å². The summed E-state index contributed by atoms with van der Waals surface area (Å²) in [7, 11) is 0. The molecular weight excluding hydrogens is 430 g/mol. The Morgan fingerprint density at radius 1 is 1.03 bits per heavy atom. The molecule has 2 aliphatic heterocycles. The summed E-state index contributed by atoms with van der Waals surface area (Å²) >= 11 is 0. The number of esters is 1. The topological polar surface area (TPSA) is 107 Å². The third-order valence-corrected chi connectivity index (χ3v) is 6.43. The zero-order valence-electron chi connectivity index (χ0n) is 18.2. The molecule has 3 aromatic rings. The molecule has 0 N–H and O–H groups in total. The predicted octanol–water partition coefficient (Wildman–Crippen LogP) is 4.49. The van der Waals surface area contributed by atoms with Gasteiger partial charge >= 0.3 is 5.97 Å². The first-order chi connectivity index (χ1) is 16.5. The summed E-state index contributed by atoms with van der Waals surface area (Å²) < 4.78 is 10.8.